The highest BCUT2D eigenvalue weighted by molar-refractivity contribution is 5.58. The molecule has 0 saturated carbocycles. The maximum atomic E-state index is 2.33. The third-order valence-corrected chi connectivity index (χ3v) is 3.11. The van der Waals surface area contributed by atoms with E-state index in [-0.39, 0.29) is 5.54 Å². The summed E-state index contributed by atoms with van der Waals surface area (Å²) in [6, 6.07) is 8.54. The van der Waals surface area contributed by atoms with E-state index in [0.717, 1.165) is 0 Å². The van der Waals surface area contributed by atoms with Crippen molar-refractivity contribution in [3.63, 3.8) is 0 Å². The number of hydrogen-bond acceptors (Lipinski definition) is 0. The Balaban J connectivity index is 2.68. The molecule has 0 atom stereocenters. The average Bonchev–Trinajstić information content (AvgIpc) is 2.60. The average molecular weight is 229 g/mol. The minimum Gasteiger partial charge on any atom is -0.233 e. The molecular formula is C15H21N2+. The van der Waals surface area contributed by atoms with E-state index in [9.17, 15) is 0 Å². The first kappa shape index (κ1) is 11.9. The van der Waals surface area contributed by atoms with Gasteiger partial charge in [-0.05, 0) is 39.3 Å². The number of aromatic nitrogens is 2. The van der Waals surface area contributed by atoms with Gasteiger partial charge in [0.1, 0.15) is 17.9 Å². The van der Waals surface area contributed by atoms with Gasteiger partial charge in [-0.1, -0.05) is 18.2 Å². The molecule has 0 N–H and O–H groups in total. The SMILES string of the molecule is Cc1ccccc1-c1n(C(C)(C)C)cc[n+]1C. The highest BCUT2D eigenvalue weighted by Gasteiger charge is 2.27. The number of benzene rings is 1. The van der Waals surface area contributed by atoms with E-state index in [4.69, 9.17) is 0 Å². The fourth-order valence-electron chi connectivity index (χ4n) is 2.16. The molecule has 0 spiro atoms. The van der Waals surface area contributed by atoms with Crippen molar-refractivity contribution in [1.82, 2.24) is 4.57 Å². The Hall–Kier alpha value is -1.57. The molecule has 2 rings (SSSR count). The first-order valence-electron chi connectivity index (χ1n) is 6.05. The number of hydrogen-bond donors (Lipinski definition) is 0. The van der Waals surface area contributed by atoms with Crippen LogP contribution in [0.4, 0.5) is 0 Å². The molecule has 1 heterocycles. The van der Waals surface area contributed by atoms with Crippen LogP contribution in [0.3, 0.4) is 0 Å². The molecule has 1 aromatic carbocycles. The van der Waals surface area contributed by atoms with Gasteiger partial charge < -0.3 is 0 Å². The molecular weight excluding hydrogens is 208 g/mol. The quantitative estimate of drug-likeness (QED) is 0.665. The van der Waals surface area contributed by atoms with Crippen molar-refractivity contribution in [3.05, 3.63) is 42.2 Å². The molecule has 2 nitrogen and oxygen atoms in total. The van der Waals surface area contributed by atoms with Crippen LogP contribution in [0.1, 0.15) is 26.3 Å². The smallest absolute Gasteiger partial charge is 0.233 e. The summed E-state index contributed by atoms with van der Waals surface area (Å²) in [7, 11) is 2.10. The number of rotatable bonds is 1. The van der Waals surface area contributed by atoms with Crippen LogP contribution in [0.15, 0.2) is 36.7 Å². The summed E-state index contributed by atoms with van der Waals surface area (Å²) in [6.07, 6.45) is 4.27. The van der Waals surface area contributed by atoms with Crippen molar-refractivity contribution in [1.29, 1.82) is 0 Å². The largest absolute Gasteiger partial charge is 0.289 e. The van der Waals surface area contributed by atoms with E-state index in [0.29, 0.717) is 0 Å². The minimum atomic E-state index is 0.0961. The fraction of sp³-hybridized carbons (Fsp3) is 0.400. The normalized spacial score (nSPS) is 11.8. The first-order chi connectivity index (χ1) is 7.91. The number of aryl methyl sites for hydroxylation is 2. The lowest BCUT2D eigenvalue weighted by Gasteiger charge is -2.17. The topological polar surface area (TPSA) is 8.81 Å². The molecule has 0 aliphatic carbocycles. The van der Waals surface area contributed by atoms with Crippen LogP contribution >= 0.6 is 0 Å². The van der Waals surface area contributed by atoms with Crippen LogP contribution in [-0.4, -0.2) is 4.57 Å². The summed E-state index contributed by atoms with van der Waals surface area (Å²) in [4.78, 5) is 0. The summed E-state index contributed by atoms with van der Waals surface area (Å²) in [5.41, 5.74) is 2.71. The second-order valence-corrected chi connectivity index (χ2v) is 5.59. The summed E-state index contributed by atoms with van der Waals surface area (Å²) < 4.78 is 4.52. The monoisotopic (exact) mass is 229 g/mol. The van der Waals surface area contributed by atoms with Gasteiger partial charge in [-0.25, -0.2) is 9.13 Å². The Bertz CT molecular complexity index is 530. The predicted octanol–water partition coefficient (Wildman–Crippen LogP) is 3.04. The summed E-state index contributed by atoms with van der Waals surface area (Å²) in [5.74, 6) is 1.26. The zero-order chi connectivity index (χ0) is 12.6. The molecule has 0 bridgehead atoms. The molecule has 0 aliphatic heterocycles. The number of nitrogens with zero attached hydrogens (tertiary/aromatic N) is 2. The van der Waals surface area contributed by atoms with Crippen LogP contribution < -0.4 is 4.57 Å². The maximum Gasteiger partial charge on any atom is 0.289 e. The van der Waals surface area contributed by atoms with Crippen molar-refractivity contribution >= 4 is 0 Å². The summed E-state index contributed by atoms with van der Waals surface area (Å²) in [6.45, 7) is 8.85. The molecule has 0 amide bonds. The van der Waals surface area contributed by atoms with Crippen LogP contribution in [0.2, 0.25) is 0 Å². The van der Waals surface area contributed by atoms with E-state index in [1.54, 1.807) is 0 Å². The molecule has 1 aromatic heterocycles. The van der Waals surface area contributed by atoms with Gasteiger partial charge in [-0.15, -0.1) is 0 Å². The van der Waals surface area contributed by atoms with Gasteiger partial charge in [0.15, 0.2) is 0 Å². The Kier molecular flexibility index (Phi) is 2.82. The van der Waals surface area contributed by atoms with Gasteiger partial charge in [0.05, 0.1) is 12.6 Å². The third kappa shape index (κ3) is 2.12. The van der Waals surface area contributed by atoms with Gasteiger partial charge in [0.25, 0.3) is 5.82 Å². The van der Waals surface area contributed by atoms with E-state index in [1.807, 2.05) is 0 Å². The fourth-order valence-corrected chi connectivity index (χ4v) is 2.16. The van der Waals surface area contributed by atoms with E-state index in [1.165, 1.54) is 17.0 Å². The van der Waals surface area contributed by atoms with Crippen molar-refractivity contribution in [2.75, 3.05) is 0 Å². The Morgan fingerprint density at radius 3 is 2.35 bits per heavy atom. The van der Waals surface area contributed by atoms with Crippen molar-refractivity contribution in [2.24, 2.45) is 7.05 Å². The predicted molar refractivity (Wildman–Crippen MR) is 70.8 cm³/mol. The van der Waals surface area contributed by atoms with Crippen molar-refractivity contribution in [2.45, 2.75) is 33.2 Å². The molecule has 2 heteroatoms. The van der Waals surface area contributed by atoms with Gasteiger partial charge in [-0.3, -0.25) is 0 Å². The highest BCUT2D eigenvalue weighted by atomic mass is 15.2. The molecule has 0 radical (unpaired) electrons. The van der Waals surface area contributed by atoms with Crippen LogP contribution in [-0.2, 0) is 12.6 Å². The van der Waals surface area contributed by atoms with E-state index >= 15 is 0 Å². The Labute approximate surface area is 104 Å². The summed E-state index contributed by atoms with van der Waals surface area (Å²) in [5, 5.41) is 0. The lowest BCUT2D eigenvalue weighted by molar-refractivity contribution is -0.659. The Morgan fingerprint density at radius 2 is 1.76 bits per heavy atom. The van der Waals surface area contributed by atoms with Crippen molar-refractivity contribution < 1.29 is 4.57 Å². The first-order valence-corrected chi connectivity index (χ1v) is 6.05. The zero-order valence-electron chi connectivity index (χ0n) is 11.4. The Morgan fingerprint density at radius 1 is 1.12 bits per heavy atom. The van der Waals surface area contributed by atoms with Crippen LogP contribution in [0.5, 0.6) is 0 Å². The highest BCUT2D eigenvalue weighted by Crippen LogP contribution is 2.25. The molecule has 0 saturated heterocycles. The lowest BCUT2D eigenvalue weighted by Crippen LogP contribution is -2.33. The van der Waals surface area contributed by atoms with Gasteiger partial charge >= 0.3 is 0 Å². The molecule has 0 unspecified atom stereocenters. The third-order valence-electron chi connectivity index (χ3n) is 3.11. The standard InChI is InChI=1S/C15H21N2/c1-12-8-6-7-9-13(12)14-16(5)10-11-17(14)15(2,3)4/h6-11H,1-5H3/q+1. The molecule has 2 aromatic rings. The number of imidazole rings is 1. The van der Waals surface area contributed by atoms with Crippen LogP contribution in [0.25, 0.3) is 11.4 Å². The minimum absolute atomic E-state index is 0.0961. The molecule has 0 aliphatic rings. The summed E-state index contributed by atoms with van der Waals surface area (Å²) >= 11 is 0. The zero-order valence-corrected chi connectivity index (χ0v) is 11.4. The molecule has 0 fully saturated rings. The second kappa shape index (κ2) is 4.02. The molecule has 17 heavy (non-hydrogen) atoms. The van der Waals surface area contributed by atoms with Crippen molar-refractivity contribution in [3.8, 4) is 11.4 Å². The van der Waals surface area contributed by atoms with Gasteiger partial charge in [0, 0.05) is 0 Å². The van der Waals surface area contributed by atoms with Gasteiger partial charge in [-0.2, -0.15) is 0 Å². The maximum absolute atomic E-state index is 2.33. The second-order valence-electron chi connectivity index (χ2n) is 5.59. The van der Waals surface area contributed by atoms with E-state index < -0.39 is 0 Å². The van der Waals surface area contributed by atoms with Crippen LogP contribution in [0, 0.1) is 6.92 Å². The van der Waals surface area contributed by atoms with Gasteiger partial charge in [0.2, 0.25) is 0 Å². The lowest BCUT2D eigenvalue weighted by atomic mass is 10.0. The van der Waals surface area contributed by atoms with E-state index in [2.05, 4.69) is 80.5 Å². The molecule has 90 valence electrons.